The van der Waals surface area contributed by atoms with Crippen molar-refractivity contribution in [3.63, 3.8) is 0 Å². The number of nitrogens with zero attached hydrogens (tertiary/aromatic N) is 3. The van der Waals surface area contributed by atoms with Crippen molar-refractivity contribution in [3.05, 3.63) is 29.8 Å². The molecule has 26 heavy (non-hydrogen) atoms. The number of hydrogen-bond acceptors (Lipinski definition) is 6. The van der Waals surface area contributed by atoms with Crippen LogP contribution in [0, 0.1) is 0 Å². The molecular formula is C16H19N5O4S. The maximum absolute atomic E-state index is 12.8. The van der Waals surface area contributed by atoms with Gasteiger partial charge in [-0.05, 0) is 31.0 Å². The smallest absolute Gasteiger partial charge is 0.262 e. The molecule has 0 radical (unpaired) electrons. The van der Waals surface area contributed by atoms with Crippen LogP contribution in [-0.4, -0.2) is 35.7 Å². The van der Waals surface area contributed by atoms with Gasteiger partial charge >= 0.3 is 0 Å². The van der Waals surface area contributed by atoms with E-state index < -0.39 is 16.1 Å². The Balaban J connectivity index is 1.62. The zero-order valence-corrected chi connectivity index (χ0v) is 15.0. The summed E-state index contributed by atoms with van der Waals surface area (Å²) in [5.41, 5.74) is 0.351. The van der Waals surface area contributed by atoms with Crippen LogP contribution in [0.2, 0.25) is 0 Å². The molecule has 0 saturated carbocycles. The zero-order valence-electron chi connectivity index (χ0n) is 14.2. The normalized spacial score (nSPS) is 19.3. The first-order valence-electron chi connectivity index (χ1n) is 8.49. The molecule has 2 aliphatic rings. The fourth-order valence-corrected chi connectivity index (χ4v) is 4.40. The molecule has 2 aromatic rings. The molecule has 138 valence electrons. The van der Waals surface area contributed by atoms with Crippen molar-refractivity contribution >= 4 is 21.6 Å². The third-order valence-corrected chi connectivity index (χ3v) is 5.90. The van der Waals surface area contributed by atoms with E-state index in [9.17, 15) is 13.2 Å². The van der Waals surface area contributed by atoms with Gasteiger partial charge in [-0.25, -0.2) is 22.8 Å². The molecule has 0 fully saturated rings. The van der Waals surface area contributed by atoms with Crippen LogP contribution in [0.5, 0.6) is 5.75 Å². The quantitative estimate of drug-likeness (QED) is 0.821. The van der Waals surface area contributed by atoms with E-state index in [4.69, 9.17) is 4.74 Å². The van der Waals surface area contributed by atoms with Crippen LogP contribution in [0.3, 0.4) is 0 Å². The van der Waals surface area contributed by atoms with Gasteiger partial charge in [0, 0.05) is 13.0 Å². The fourth-order valence-electron chi connectivity index (χ4n) is 3.15. The zero-order chi connectivity index (χ0) is 18.3. The topological polar surface area (TPSA) is 115 Å². The number of ether oxygens (including phenoxy) is 1. The van der Waals surface area contributed by atoms with E-state index in [2.05, 4.69) is 20.1 Å². The first-order chi connectivity index (χ1) is 12.5. The number of carbonyl (C=O) groups is 1. The highest BCUT2D eigenvalue weighted by Gasteiger charge is 2.29. The Morgan fingerprint density at radius 1 is 1.42 bits per heavy atom. The number of aryl methyl sites for hydroxylation is 2. The Bertz CT molecular complexity index is 969. The van der Waals surface area contributed by atoms with E-state index in [1.807, 2.05) is 6.92 Å². The lowest BCUT2D eigenvalue weighted by Crippen LogP contribution is -2.33. The summed E-state index contributed by atoms with van der Waals surface area (Å²) in [5, 5.41) is 7.01. The molecule has 1 amide bonds. The summed E-state index contributed by atoms with van der Waals surface area (Å²) in [4.78, 5) is 16.0. The number of benzene rings is 1. The Kier molecular flexibility index (Phi) is 4.16. The van der Waals surface area contributed by atoms with E-state index >= 15 is 0 Å². The molecule has 0 saturated heterocycles. The average Bonchev–Trinajstić information content (AvgIpc) is 3.05. The lowest BCUT2D eigenvalue weighted by atomic mass is 10.1. The highest BCUT2D eigenvalue weighted by Crippen LogP contribution is 2.31. The van der Waals surface area contributed by atoms with Crippen LogP contribution in [0.25, 0.3) is 0 Å². The summed E-state index contributed by atoms with van der Waals surface area (Å²) in [6, 6.07) is 3.98. The van der Waals surface area contributed by atoms with Crippen LogP contribution in [0.1, 0.15) is 37.5 Å². The van der Waals surface area contributed by atoms with E-state index in [0.29, 0.717) is 35.9 Å². The second kappa shape index (κ2) is 6.36. The third-order valence-electron chi connectivity index (χ3n) is 4.43. The molecule has 0 bridgehead atoms. The molecule has 1 aromatic heterocycles. The molecular weight excluding hydrogens is 358 g/mol. The number of rotatable bonds is 4. The molecule has 2 aliphatic heterocycles. The molecule has 3 heterocycles. The molecule has 4 rings (SSSR count). The number of fused-ring (bicyclic) bond motifs is 2. The maximum Gasteiger partial charge on any atom is 0.262 e. The molecule has 0 aliphatic carbocycles. The SMILES string of the molecule is CCc1nc2n(n1)CCC[C@H]2NS(=O)(=O)c1ccc2c(c1)NC(=O)CO2. The Morgan fingerprint density at radius 2 is 2.27 bits per heavy atom. The summed E-state index contributed by atoms with van der Waals surface area (Å²) in [6.07, 6.45) is 2.18. The number of sulfonamides is 1. The maximum atomic E-state index is 12.8. The number of amides is 1. The van der Waals surface area contributed by atoms with E-state index in [0.717, 1.165) is 13.0 Å². The highest BCUT2D eigenvalue weighted by atomic mass is 32.2. The van der Waals surface area contributed by atoms with E-state index in [1.165, 1.54) is 12.1 Å². The van der Waals surface area contributed by atoms with Crippen LogP contribution in [0.4, 0.5) is 5.69 Å². The van der Waals surface area contributed by atoms with Gasteiger partial charge in [-0.3, -0.25) is 4.79 Å². The molecule has 1 aromatic carbocycles. The van der Waals surface area contributed by atoms with Crippen LogP contribution in [0.15, 0.2) is 23.1 Å². The van der Waals surface area contributed by atoms with Gasteiger partial charge in [0.2, 0.25) is 10.0 Å². The van der Waals surface area contributed by atoms with E-state index in [-0.39, 0.29) is 17.4 Å². The number of nitrogens with one attached hydrogen (secondary N) is 2. The predicted octanol–water partition coefficient (Wildman–Crippen LogP) is 0.985. The third kappa shape index (κ3) is 3.06. The van der Waals surface area contributed by atoms with Crippen molar-refractivity contribution in [3.8, 4) is 5.75 Å². The molecule has 10 heteroatoms. The van der Waals surface area contributed by atoms with Crippen molar-refractivity contribution < 1.29 is 17.9 Å². The van der Waals surface area contributed by atoms with Gasteiger partial charge in [-0.15, -0.1) is 0 Å². The number of aromatic nitrogens is 3. The lowest BCUT2D eigenvalue weighted by molar-refractivity contribution is -0.118. The first-order valence-corrected chi connectivity index (χ1v) is 9.97. The van der Waals surface area contributed by atoms with Gasteiger partial charge < -0.3 is 10.1 Å². The Hall–Kier alpha value is -2.46. The van der Waals surface area contributed by atoms with Crippen LogP contribution in [-0.2, 0) is 27.8 Å². The Labute approximate surface area is 150 Å². The van der Waals surface area contributed by atoms with Crippen molar-refractivity contribution in [2.24, 2.45) is 0 Å². The molecule has 9 nitrogen and oxygen atoms in total. The van der Waals surface area contributed by atoms with Gasteiger partial charge in [-0.1, -0.05) is 6.92 Å². The average molecular weight is 377 g/mol. The predicted molar refractivity (Wildman–Crippen MR) is 92.3 cm³/mol. The van der Waals surface area contributed by atoms with Crippen molar-refractivity contribution in [1.82, 2.24) is 19.5 Å². The minimum Gasteiger partial charge on any atom is -0.482 e. The number of hydrogen-bond donors (Lipinski definition) is 2. The molecule has 0 spiro atoms. The summed E-state index contributed by atoms with van der Waals surface area (Å²) in [6.45, 7) is 2.63. The summed E-state index contributed by atoms with van der Waals surface area (Å²) >= 11 is 0. The fraction of sp³-hybridized carbons (Fsp3) is 0.438. The second-order valence-corrected chi connectivity index (χ2v) is 7.99. The summed E-state index contributed by atoms with van der Waals surface area (Å²) in [5.74, 6) is 1.49. The highest BCUT2D eigenvalue weighted by molar-refractivity contribution is 7.89. The first kappa shape index (κ1) is 17.0. The van der Waals surface area contributed by atoms with Crippen molar-refractivity contribution in [2.75, 3.05) is 11.9 Å². The number of carbonyl (C=O) groups excluding carboxylic acids is 1. The molecule has 1 atom stereocenters. The molecule has 0 unspecified atom stereocenters. The van der Waals surface area contributed by atoms with Gasteiger partial charge in [0.25, 0.3) is 5.91 Å². The minimum absolute atomic E-state index is 0.0643. The summed E-state index contributed by atoms with van der Waals surface area (Å²) in [7, 11) is -3.79. The van der Waals surface area contributed by atoms with Gasteiger partial charge in [0.15, 0.2) is 12.4 Å². The van der Waals surface area contributed by atoms with Crippen LogP contribution >= 0.6 is 0 Å². The lowest BCUT2D eigenvalue weighted by Gasteiger charge is -2.23. The molecule has 2 N–H and O–H groups in total. The minimum atomic E-state index is -3.79. The van der Waals surface area contributed by atoms with E-state index in [1.54, 1.807) is 10.7 Å². The Morgan fingerprint density at radius 3 is 3.08 bits per heavy atom. The largest absolute Gasteiger partial charge is 0.482 e. The second-order valence-electron chi connectivity index (χ2n) is 6.27. The standard InChI is InChI=1S/C16H19N5O4S/c1-2-14-18-16-11(4-3-7-21(16)19-14)20-26(23,24)10-5-6-13-12(8-10)17-15(22)9-25-13/h5-6,8,11,20H,2-4,7,9H2,1H3,(H,17,22)/t11-/m1/s1. The van der Waals surface area contributed by atoms with Gasteiger partial charge in [0.05, 0.1) is 16.6 Å². The van der Waals surface area contributed by atoms with Crippen molar-refractivity contribution in [1.29, 1.82) is 0 Å². The number of anilines is 1. The van der Waals surface area contributed by atoms with Gasteiger partial charge in [-0.2, -0.15) is 5.10 Å². The van der Waals surface area contributed by atoms with Crippen molar-refractivity contribution in [2.45, 2.75) is 43.7 Å². The summed E-state index contributed by atoms with van der Waals surface area (Å²) < 4.78 is 35.4. The van der Waals surface area contributed by atoms with Crippen LogP contribution < -0.4 is 14.8 Å². The van der Waals surface area contributed by atoms with Gasteiger partial charge in [0.1, 0.15) is 11.6 Å². The monoisotopic (exact) mass is 377 g/mol.